The van der Waals surface area contributed by atoms with Gasteiger partial charge in [-0.2, -0.15) is 0 Å². The Morgan fingerprint density at radius 2 is 2.10 bits per heavy atom. The molecular formula is C22H21N3O5S. The van der Waals surface area contributed by atoms with Crippen LogP contribution in [0, 0.1) is 0 Å². The van der Waals surface area contributed by atoms with Gasteiger partial charge < -0.3 is 25.0 Å². The number of carbonyl (C=O) groups excluding carboxylic acids is 1. The summed E-state index contributed by atoms with van der Waals surface area (Å²) in [5.41, 5.74) is 1.43. The number of carboxylic acids is 1. The van der Waals surface area contributed by atoms with Crippen LogP contribution >= 0.6 is 11.3 Å². The summed E-state index contributed by atoms with van der Waals surface area (Å²) < 4.78 is 6.99. The largest absolute Gasteiger partial charge is 0.493 e. The number of hydrogen-bond donors (Lipinski definition) is 3. The number of anilines is 1. The Labute approximate surface area is 182 Å². The number of aliphatic carboxylic acids is 1. The van der Waals surface area contributed by atoms with Crippen molar-refractivity contribution in [2.24, 2.45) is 0 Å². The zero-order valence-corrected chi connectivity index (χ0v) is 17.4. The predicted octanol–water partition coefficient (Wildman–Crippen LogP) is 3.23. The van der Waals surface area contributed by atoms with E-state index >= 15 is 0 Å². The summed E-state index contributed by atoms with van der Waals surface area (Å²) in [5.74, 6) is -0.266. The topological polar surface area (TPSA) is 110 Å². The van der Waals surface area contributed by atoms with Crippen molar-refractivity contribution in [2.45, 2.75) is 25.4 Å². The lowest BCUT2D eigenvalue weighted by Crippen LogP contribution is -2.36. The molecule has 2 amide bonds. The third kappa shape index (κ3) is 4.95. The Kier molecular flexibility index (Phi) is 6.03. The maximum Gasteiger partial charge on any atom is 0.319 e. The van der Waals surface area contributed by atoms with E-state index in [4.69, 9.17) is 4.74 Å². The molecule has 3 N–H and O–H groups in total. The van der Waals surface area contributed by atoms with Gasteiger partial charge in [-0.05, 0) is 46.8 Å². The number of nitrogens with one attached hydrogen (secondary N) is 2. The van der Waals surface area contributed by atoms with Gasteiger partial charge in [-0.1, -0.05) is 12.1 Å². The second-order valence-corrected chi connectivity index (χ2v) is 8.18. The molecule has 0 fully saturated rings. The maximum atomic E-state index is 12.7. The quantitative estimate of drug-likeness (QED) is 0.524. The van der Waals surface area contributed by atoms with Crippen molar-refractivity contribution in [2.75, 3.05) is 11.9 Å². The molecule has 1 atom stereocenters. The first-order valence-electron chi connectivity index (χ1n) is 9.76. The standard InChI is InChI=1S/C22H21N3O5S/c26-20(27)12-18(14-5-6-19-15(11-14)7-9-30-19)24-22(29)23-17-4-1-8-25(21(17)28)13-16-3-2-10-31-16/h1-6,8,10-11,18H,7,9,12-13H2,(H,26,27)(H2,23,24,29). The summed E-state index contributed by atoms with van der Waals surface area (Å²) in [7, 11) is 0. The third-order valence-corrected chi connectivity index (χ3v) is 5.84. The van der Waals surface area contributed by atoms with Crippen LogP contribution in [0.5, 0.6) is 5.75 Å². The van der Waals surface area contributed by atoms with Crippen molar-refractivity contribution in [3.05, 3.63) is 80.4 Å². The predicted molar refractivity (Wildman–Crippen MR) is 117 cm³/mol. The van der Waals surface area contributed by atoms with Crippen LogP contribution in [0.1, 0.15) is 28.5 Å². The zero-order chi connectivity index (χ0) is 21.8. The fourth-order valence-corrected chi connectivity index (χ4v) is 4.20. The van der Waals surface area contributed by atoms with Crippen LogP contribution in [0.25, 0.3) is 0 Å². The van der Waals surface area contributed by atoms with Crippen molar-refractivity contribution >= 4 is 29.0 Å². The minimum Gasteiger partial charge on any atom is -0.493 e. The summed E-state index contributed by atoms with van der Waals surface area (Å²) in [6.45, 7) is 0.995. The van der Waals surface area contributed by atoms with Gasteiger partial charge in [-0.15, -0.1) is 11.3 Å². The second-order valence-electron chi connectivity index (χ2n) is 7.15. The number of thiophene rings is 1. The molecule has 31 heavy (non-hydrogen) atoms. The molecule has 0 saturated carbocycles. The van der Waals surface area contributed by atoms with Crippen LogP contribution in [0.15, 0.2) is 58.8 Å². The first-order chi connectivity index (χ1) is 15.0. The van der Waals surface area contributed by atoms with E-state index in [1.165, 1.54) is 10.6 Å². The summed E-state index contributed by atoms with van der Waals surface area (Å²) in [6, 6.07) is 11.0. The van der Waals surface area contributed by atoms with E-state index in [1.807, 2.05) is 23.6 Å². The molecule has 1 unspecified atom stereocenters. The van der Waals surface area contributed by atoms with E-state index in [9.17, 15) is 19.5 Å². The van der Waals surface area contributed by atoms with E-state index in [0.29, 0.717) is 18.7 Å². The van der Waals surface area contributed by atoms with Crippen molar-refractivity contribution in [3.63, 3.8) is 0 Å². The lowest BCUT2D eigenvalue weighted by atomic mass is 10.0. The summed E-state index contributed by atoms with van der Waals surface area (Å²) in [5, 5.41) is 16.5. The van der Waals surface area contributed by atoms with Crippen molar-refractivity contribution in [1.29, 1.82) is 0 Å². The Morgan fingerprint density at radius 3 is 2.87 bits per heavy atom. The van der Waals surface area contributed by atoms with Crippen LogP contribution in [-0.4, -0.2) is 28.3 Å². The summed E-state index contributed by atoms with van der Waals surface area (Å²) in [6.07, 6.45) is 2.11. The fourth-order valence-electron chi connectivity index (χ4n) is 3.49. The molecule has 1 aliphatic rings. The number of aromatic nitrogens is 1. The van der Waals surface area contributed by atoms with Crippen LogP contribution in [0.2, 0.25) is 0 Å². The number of hydrogen-bond acceptors (Lipinski definition) is 5. The van der Waals surface area contributed by atoms with E-state index < -0.39 is 18.0 Å². The molecule has 3 heterocycles. The number of pyridine rings is 1. The molecule has 4 rings (SSSR count). The molecule has 1 aliphatic heterocycles. The average Bonchev–Trinajstić information content (AvgIpc) is 3.41. The van der Waals surface area contributed by atoms with E-state index in [1.54, 1.807) is 35.7 Å². The van der Waals surface area contributed by atoms with Gasteiger partial charge >= 0.3 is 12.0 Å². The molecule has 0 saturated heterocycles. The number of urea groups is 1. The van der Waals surface area contributed by atoms with E-state index in [-0.39, 0.29) is 17.7 Å². The highest BCUT2D eigenvalue weighted by molar-refractivity contribution is 7.09. The Hall–Kier alpha value is -3.59. The number of rotatable bonds is 7. The van der Waals surface area contributed by atoms with Gasteiger partial charge in [-0.3, -0.25) is 9.59 Å². The highest BCUT2D eigenvalue weighted by Crippen LogP contribution is 2.29. The summed E-state index contributed by atoms with van der Waals surface area (Å²) in [4.78, 5) is 37.7. The van der Waals surface area contributed by atoms with Gasteiger partial charge in [0.25, 0.3) is 5.56 Å². The molecule has 8 nitrogen and oxygen atoms in total. The van der Waals surface area contributed by atoms with Gasteiger partial charge in [0.1, 0.15) is 11.4 Å². The van der Waals surface area contributed by atoms with Crippen molar-refractivity contribution in [1.82, 2.24) is 9.88 Å². The first kappa shape index (κ1) is 20.7. The molecule has 9 heteroatoms. The third-order valence-electron chi connectivity index (χ3n) is 4.97. The molecule has 0 bridgehead atoms. The number of carboxylic acid groups (broad SMARTS) is 1. The molecule has 3 aromatic rings. The second kappa shape index (κ2) is 9.05. The van der Waals surface area contributed by atoms with Gasteiger partial charge in [0.2, 0.25) is 0 Å². The van der Waals surface area contributed by atoms with Gasteiger partial charge in [0.05, 0.1) is 25.6 Å². The van der Waals surface area contributed by atoms with Crippen molar-refractivity contribution in [3.8, 4) is 5.75 Å². The SMILES string of the molecule is O=C(O)CC(NC(=O)Nc1cccn(Cc2cccs2)c1=O)c1ccc2c(c1)CCO2. The normalized spacial score (nSPS) is 13.2. The lowest BCUT2D eigenvalue weighted by molar-refractivity contribution is -0.137. The van der Waals surface area contributed by atoms with E-state index in [2.05, 4.69) is 10.6 Å². The maximum absolute atomic E-state index is 12.7. The zero-order valence-electron chi connectivity index (χ0n) is 16.5. The highest BCUT2D eigenvalue weighted by atomic mass is 32.1. The van der Waals surface area contributed by atoms with Gasteiger partial charge in [-0.25, -0.2) is 4.79 Å². The number of nitrogens with zero attached hydrogens (tertiary/aromatic N) is 1. The average molecular weight is 439 g/mol. The van der Waals surface area contributed by atoms with Crippen molar-refractivity contribution < 1.29 is 19.4 Å². The molecule has 1 aromatic carbocycles. The molecule has 0 spiro atoms. The fraction of sp³-hybridized carbons (Fsp3) is 0.227. The number of amides is 2. The first-order valence-corrected chi connectivity index (χ1v) is 10.6. The molecule has 0 radical (unpaired) electrons. The van der Waals surface area contributed by atoms with Crippen LogP contribution in [0.3, 0.4) is 0 Å². The number of benzene rings is 1. The monoisotopic (exact) mass is 439 g/mol. The Morgan fingerprint density at radius 1 is 1.23 bits per heavy atom. The molecule has 0 aliphatic carbocycles. The number of fused-ring (bicyclic) bond motifs is 1. The van der Waals surface area contributed by atoms with E-state index in [0.717, 1.165) is 22.6 Å². The minimum atomic E-state index is -1.04. The minimum absolute atomic E-state index is 0.119. The number of carbonyl (C=O) groups is 2. The highest BCUT2D eigenvalue weighted by Gasteiger charge is 2.21. The molecular weight excluding hydrogens is 418 g/mol. The van der Waals surface area contributed by atoms with Gasteiger partial charge in [0.15, 0.2) is 0 Å². The van der Waals surface area contributed by atoms with Crippen LogP contribution < -0.4 is 20.9 Å². The molecule has 2 aromatic heterocycles. The molecule has 160 valence electrons. The number of ether oxygens (including phenoxy) is 1. The lowest BCUT2D eigenvalue weighted by Gasteiger charge is -2.19. The smallest absolute Gasteiger partial charge is 0.319 e. The Bertz CT molecular complexity index is 1160. The Balaban J connectivity index is 1.49. The van der Waals surface area contributed by atoms with Crippen LogP contribution in [-0.2, 0) is 17.8 Å². The van der Waals surface area contributed by atoms with Gasteiger partial charge in [0, 0.05) is 17.5 Å². The summed E-state index contributed by atoms with van der Waals surface area (Å²) >= 11 is 1.54. The van der Waals surface area contributed by atoms with Crippen LogP contribution in [0.4, 0.5) is 10.5 Å².